The van der Waals surface area contributed by atoms with Crippen molar-refractivity contribution in [2.24, 2.45) is 11.8 Å². The van der Waals surface area contributed by atoms with E-state index in [2.05, 4.69) is 6.92 Å². The van der Waals surface area contributed by atoms with Gasteiger partial charge in [-0.15, -0.1) is 0 Å². The highest BCUT2D eigenvalue weighted by molar-refractivity contribution is 5.91. The Morgan fingerprint density at radius 3 is 2.09 bits per heavy atom. The summed E-state index contributed by atoms with van der Waals surface area (Å²) in [7, 11) is 0. The van der Waals surface area contributed by atoms with E-state index in [-0.39, 0.29) is 5.56 Å². The molecule has 0 saturated heterocycles. The van der Waals surface area contributed by atoms with E-state index in [0.717, 1.165) is 37.8 Å². The SMILES string of the molecule is CC1CCC(C(C)(C)OC(=O)c2cc(O)c(O)c(O)c2)CC1. The molecule has 5 nitrogen and oxygen atoms in total. The fourth-order valence-electron chi connectivity index (χ4n) is 3.06. The van der Waals surface area contributed by atoms with Crippen LogP contribution in [-0.2, 0) is 4.74 Å². The summed E-state index contributed by atoms with van der Waals surface area (Å²) in [5, 5.41) is 28.3. The predicted octanol–water partition coefficient (Wildman–Crippen LogP) is 3.57. The largest absolute Gasteiger partial charge is 0.504 e. The van der Waals surface area contributed by atoms with Crippen LogP contribution in [0.5, 0.6) is 17.2 Å². The summed E-state index contributed by atoms with van der Waals surface area (Å²) in [6.45, 7) is 6.02. The number of benzene rings is 1. The molecule has 5 heteroatoms. The Hall–Kier alpha value is -1.91. The second kappa shape index (κ2) is 6.07. The highest BCUT2D eigenvalue weighted by atomic mass is 16.6. The molecule has 0 atom stereocenters. The van der Waals surface area contributed by atoms with Gasteiger partial charge in [0.1, 0.15) is 5.60 Å². The van der Waals surface area contributed by atoms with Crippen LogP contribution < -0.4 is 0 Å². The van der Waals surface area contributed by atoms with Gasteiger partial charge < -0.3 is 20.1 Å². The van der Waals surface area contributed by atoms with Gasteiger partial charge in [0.2, 0.25) is 0 Å². The third kappa shape index (κ3) is 3.46. The van der Waals surface area contributed by atoms with Gasteiger partial charge in [-0.05, 0) is 50.7 Å². The number of phenols is 3. The molecule has 0 spiro atoms. The monoisotopic (exact) mass is 308 g/mol. The van der Waals surface area contributed by atoms with Crippen LogP contribution in [0, 0.1) is 11.8 Å². The fraction of sp³-hybridized carbons (Fsp3) is 0.588. The summed E-state index contributed by atoms with van der Waals surface area (Å²) in [6.07, 6.45) is 4.31. The van der Waals surface area contributed by atoms with Crippen LogP contribution in [0.4, 0.5) is 0 Å². The molecule has 0 amide bonds. The van der Waals surface area contributed by atoms with E-state index >= 15 is 0 Å². The van der Waals surface area contributed by atoms with Crippen molar-refractivity contribution in [1.29, 1.82) is 0 Å². The second-order valence-corrected chi connectivity index (χ2v) is 6.81. The first-order valence-electron chi connectivity index (χ1n) is 7.69. The van der Waals surface area contributed by atoms with Crippen LogP contribution in [-0.4, -0.2) is 26.9 Å². The van der Waals surface area contributed by atoms with Gasteiger partial charge in [0, 0.05) is 0 Å². The van der Waals surface area contributed by atoms with E-state index in [0.29, 0.717) is 11.8 Å². The van der Waals surface area contributed by atoms with Gasteiger partial charge in [-0.25, -0.2) is 4.79 Å². The van der Waals surface area contributed by atoms with Crippen LogP contribution >= 0.6 is 0 Å². The molecule has 122 valence electrons. The molecule has 22 heavy (non-hydrogen) atoms. The first-order valence-corrected chi connectivity index (χ1v) is 7.69. The Kier molecular flexibility index (Phi) is 4.54. The average molecular weight is 308 g/mol. The van der Waals surface area contributed by atoms with Gasteiger partial charge >= 0.3 is 5.97 Å². The van der Waals surface area contributed by atoms with E-state index in [4.69, 9.17) is 4.74 Å². The zero-order valence-corrected chi connectivity index (χ0v) is 13.3. The maximum Gasteiger partial charge on any atom is 0.338 e. The standard InChI is InChI=1S/C17H24O5/c1-10-4-6-12(7-5-10)17(2,3)22-16(21)11-8-13(18)15(20)14(19)9-11/h8-10,12,18-20H,4-7H2,1-3H3. The van der Waals surface area contributed by atoms with Crippen molar-refractivity contribution >= 4 is 5.97 Å². The number of rotatable bonds is 3. The van der Waals surface area contributed by atoms with E-state index < -0.39 is 28.8 Å². The average Bonchev–Trinajstić information content (AvgIpc) is 2.44. The Balaban J connectivity index is 2.10. The lowest BCUT2D eigenvalue weighted by Crippen LogP contribution is -2.38. The maximum atomic E-state index is 12.3. The summed E-state index contributed by atoms with van der Waals surface area (Å²) in [5.74, 6) is -1.33. The first-order chi connectivity index (χ1) is 10.2. The summed E-state index contributed by atoms with van der Waals surface area (Å²) < 4.78 is 5.61. The molecular formula is C17H24O5. The normalized spacial score (nSPS) is 22.3. The minimum Gasteiger partial charge on any atom is -0.504 e. The van der Waals surface area contributed by atoms with Gasteiger partial charge in [0.05, 0.1) is 5.56 Å². The third-order valence-electron chi connectivity index (χ3n) is 4.66. The number of hydrogen-bond donors (Lipinski definition) is 3. The van der Waals surface area contributed by atoms with E-state index in [1.54, 1.807) is 0 Å². The number of carbonyl (C=O) groups is 1. The van der Waals surface area contributed by atoms with Crippen LogP contribution in [0.2, 0.25) is 0 Å². The Labute approximate surface area is 130 Å². The number of hydrogen-bond acceptors (Lipinski definition) is 5. The maximum absolute atomic E-state index is 12.3. The molecule has 2 rings (SSSR count). The molecule has 0 aliphatic heterocycles. The number of aromatic hydroxyl groups is 3. The van der Waals surface area contributed by atoms with E-state index in [1.807, 2.05) is 13.8 Å². The zero-order chi connectivity index (χ0) is 16.5. The fourth-order valence-corrected chi connectivity index (χ4v) is 3.06. The molecule has 0 heterocycles. The predicted molar refractivity (Wildman–Crippen MR) is 82.1 cm³/mol. The molecule has 0 aromatic heterocycles. The quantitative estimate of drug-likeness (QED) is 0.587. The minimum absolute atomic E-state index is 0.0186. The number of ether oxygens (including phenoxy) is 1. The van der Waals surface area contributed by atoms with Gasteiger partial charge in [0.25, 0.3) is 0 Å². The van der Waals surface area contributed by atoms with Crippen molar-refractivity contribution in [2.45, 2.75) is 52.1 Å². The Morgan fingerprint density at radius 1 is 1.09 bits per heavy atom. The van der Waals surface area contributed by atoms with E-state index in [1.165, 1.54) is 0 Å². The van der Waals surface area contributed by atoms with Crippen molar-refractivity contribution in [1.82, 2.24) is 0 Å². The summed E-state index contributed by atoms with van der Waals surface area (Å²) in [4.78, 5) is 12.3. The van der Waals surface area contributed by atoms with Crippen molar-refractivity contribution < 1.29 is 24.9 Å². The smallest absolute Gasteiger partial charge is 0.338 e. The van der Waals surface area contributed by atoms with Crippen molar-refractivity contribution in [3.8, 4) is 17.2 Å². The molecule has 1 aromatic carbocycles. The number of phenolic OH excluding ortho intramolecular Hbond substituents is 3. The van der Waals surface area contributed by atoms with Gasteiger partial charge in [-0.3, -0.25) is 0 Å². The van der Waals surface area contributed by atoms with Crippen molar-refractivity contribution in [3.63, 3.8) is 0 Å². The Morgan fingerprint density at radius 2 is 1.59 bits per heavy atom. The molecule has 3 N–H and O–H groups in total. The molecule has 1 fully saturated rings. The van der Waals surface area contributed by atoms with Crippen LogP contribution in [0.15, 0.2) is 12.1 Å². The molecule has 1 saturated carbocycles. The Bertz CT molecular complexity index is 533. The topological polar surface area (TPSA) is 87.0 Å². The molecular weight excluding hydrogens is 284 g/mol. The highest BCUT2D eigenvalue weighted by Crippen LogP contribution is 2.39. The molecule has 0 unspecified atom stereocenters. The minimum atomic E-state index is -0.642. The second-order valence-electron chi connectivity index (χ2n) is 6.81. The lowest BCUT2D eigenvalue weighted by Gasteiger charge is -2.38. The molecule has 1 aliphatic rings. The lowest BCUT2D eigenvalue weighted by atomic mass is 9.75. The van der Waals surface area contributed by atoms with E-state index in [9.17, 15) is 20.1 Å². The summed E-state index contributed by atoms with van der Waals surface area (Å²) >= 11 is 0. The van der Waals surface area contributed by atoms with Crippen LogP contribution in [0.1, 0.15) is 56.8 Å². The summed E-state index contributed by atoms with van der Waals surface area (Å²) in [5.41, 5.74) is -0.592. The lowest BCUT2D eigenvalue weighted by molar-refractivity contribution is -0.0412. The van der Waals surface area contributed by atoms with Gasteiger partial charge in [-0.2, -0.15) is 0 Å². The molecule has 0 bridgehead atoms. The van der Waals surface area contributed by atoms with Crippen molar-refractivity contribution in [2.75, 3.05) is 0 Å². The summed E-state index contributed by atoms with van der Waals surface area (Å²) in [6, 6.07) is 2.19. The van der Waals surface area contributed by atoms with Gasteiger partial charge in [0.15, 0.2) is 17.2 Å². The first kappa shape index (κ1) is 16.5. The third-order valence-corrected chi connectivity index (χ3v) is 4.66. The molecule has 1 aromatic rings. The number of esters is 1. The highest BCUT2D eigenvalue weighted by Gasteiger charge is 2.35. The molecule has 0 radical (unpaired) electrons. The van der Waals surface area contributed by atoms with Crippen LogP contribution in [0.3, 0.4) is 0 Å². The van der Waals surface area contributed by atoms with Crippen molar-refractivity contribution in [3.05, 3.63) is 17.7 Å². The number of carbonyl (C=O) groups excluding carboxylic acids is 1. The van der Waals surface area contributed by atoms with Crippen LogP contribution in [0.25, 0.3) is 0 Å². The molecule has 1 aliphatic carbocycles. The zero-order valence-electron chi connectivity index (χ0n) is 13.3. The van der Waals surface area contributed by atoms with Gasteiger partial charge in [-0.1, -0.05) is 19.8 Å².